The number of hydrogen-bond donors (Lipinski definition) is 0. The van der Waals surface area contributed by atoms with E-state index in [9.17, 15) is 4.79 Å². The predicted octanol–water partition coefficient (Wildman–Crippen LogP) is 2.69. The SMILES string of the molecule is Cc1ccc(C2CC2C(=O)N2CCC(c3nncn3C)CC2)s1. The first-order valence-electron chi connectivity index (χ1n) is 8.32. The lowest BCUT2D eigenvalue weighted by Gasteiger charge is -2.31. The van der Waals surface area contributed by atoms with Gasteiger partial charge in [0.2, 0.25) is 5.91 Å². The highest BCUT2D eigenvalue weighted by Crippen LogP contribution is 2.50. The van der Waals surface area contributed by atoms with E-state index in [4.69, 9.17) is 0 Å². The minimum absolute atomic E-state index is 0.222. The third kappa shape index (κ3) is 2.80. The van der Waals surface area contributed by atoms with Gasteiger partial charge in [-0.3, -0.25) is 4.79 Å². The number of rotatable bonds is 3. The topological polar surface area (TPSA) is 51.0 Å². The Kier molecular flexibility index (Phi) is 3.71. The quantitative estimate of drug-likeness (QED) is 0.869. The molecule has 1 saturated heterocycles. The summed E-state index contributed by atoms with van der Waals surface area (Å²) in [7, 11) is 1.99. The second-order valence-corrected chi connectivity index (χ2v) is 8.12. The van der Waals surface area contributed by atoms with Crippen molar-refractivity contribution in [1.82, 2.24) is 19.7 Å². The molecule has 2 atom stereocenters. The molecule has 2 aromatic rings. The lowest BCUT2D eigenvalue weighted by Crippen LogP contribution is -2.39. The van der Waals surface area contributed by atoms with Crippen molar-refractivity contribution in [1.29, 1.82) is 0 Å². The van der Waals surface area contributed by atoms with E-state index in [1.54, 1.807) is 6.33 Å². The Hall–Kier alpha value is -1.69. The molecule has 23 heavy (non-hydrogen) atoms. The Morgan fingerprint density at radius 1 is 1.30 bits per heavy atom. The van der Waals surface area contributed by atoms with Crippen molar-refractivity contribution in [2.75, 3.05) is 13.1 Å². The van der Waals surface area contributed by atoms with Gasteiger partial charge < -0.3 is 9.47 Å². The summed E-state index contributed by atoms with van der Waals surface area (Å²) < 4.78 is 2.00. The first kappa shape index (κ1) is 14.9. The number of likely N-dealkylation sites (tertiary alicyclic amines) is 1. The second kappa shape index (κ2) is 5.74. The number of nitrogens with zero attached hydrogens (tertiary/aromatic N) is 4. The predicted molar refractivity (Wildman–Crippen MR) is 89.5 cm³/mol. The monoisotopic (exact) mass is 330 g/mol. The normalized spacial score (nSPS) is 24.9. The molecule has 5 nitrogen and oxygen atoms in total. The summed E-state index contributed by atoms with van der Waals surface area (Å²) in [5.41, 5.74) is 0. The van der Waals surface area contributed by atoms with Crippen molar-refractivity contribution in [2.24, 2.45) is 13.0 Å². The highest BCUT2D eigenvalue weighted by atomic mass is 32.1. The van der Waals surface area contributed by atoms with Crippen LogP contribution in [0.15, 0.2) is 18.5 Å². The van der Waals surface area contributed by atoms with E-state index >= 15 is 0 Å². The minimum atomic E-state index is 0.222. The van der Waals surface area contributed by atoms with E-state index in [2.05, 4.69) is 34.2 Å². The highest BCUT2D eigenvalue weighted by Gasteiger charge is 2.46. The van der Waals surface area contributed by atoms with Crippen LogP contribution in [0.5, 0.6) is 0 Å². The minimum Gasteiger partial charge on any atom is -0.342 e. The van der Waals surface area contributed by atoms with Crippen LogP contribution in [0.4, 0.5) is 0 Å². The average Bonchev–Trinajstić information content (AvgIpc) is 3.06. The summed E-state index contributed by atoms with van der Waals surface area (Å²) in [5.74, 6) is 2.53. The number of carbonyl (C=O) groups excluding carboxylic acids is 1. The molecule has 3 heterocycles. The number of amides is 1. The van der Waals surface area contributed by atoms with Crippen LogP contribution in [-0.4, -0.2) is 38.7 Å². The Bertz CT molecular complexity index is 714. The first-order chi connectivity index (χ1) is 11.1. The van der Waals surface area contributed by atoms with Crippen molar-refractivity contribution in [3.8, 4) is 0 Å². The van der Waals surface area contributed by atoms with E-state index in [1.807, 2.05) is 23.0 Å². The summed E-state index contributed by atoms with van der Waals surface area (Å²) in [4.78, 5) is 17.5. The number of carbonyl (C=O) groups is 1. The van der Waals surface area contributed by atoms with Crippen molar-refractivity contribution in [3.63, 3.8) is 0 Å². The molecule has 4 rings (SSSR count). The molecule has 2 unspecified atom stereocenters. The molecule has 6 heteroatoms. The average molecular weight is 330 g/mol. The van der Waals surface area contributed by atoms with Gasteiger partial charge in [0.1, 0.15) is 12.2 Å². The van der Waals surface area contributed by atoms with Crippen molar-refractivity contribution in [2.45, 2.75) is 38.0 Å². The van der Waals surface area contributed by atoms with Gasteiger partial charge in [-0.05, 0) is 38.3 Å². The van der Waals surface area contributed by atoms with Crippen LogP contribution >= 0.6 is 11.3 Å². The molecule has 0 spiro atoms. The zero-order valence-electron chi connectivity index (χ0n) is 13.6. The third-order valence-electron chi connectivity index (χ3n) is 5.15. The van der Waals surface area contributed by atoms with Crippen LogP contribution in [0.3, 0.4) is 0 Å². The van der Waals surface area contributed by atoms with Crippen LogP contribution < -0.4 is 0 Å². The van der Waals surface area contributed by atoms with Gasteiger partial charge >= 0.3 is 0 Å². The van der Waals surface area contributed by atoms with Crippen LogP contribution in [0.1, 0.15) is 46.7 Å². The molecule has 0 bridgehead atoms. The fourth-order valence-electron chi connectivity index (χ4n) is 3.69. The Morgan fingerprint density at radius 2 is 2.09 bits per heavy atom. The summed E-state index contributed by atoms with van der Waals surface area (Å²) in [6, 6.07) is 4.35. The molecule has 0 radical (unpaired) electrons. The van der Waals surface area contributed by atoms with E-state index < -0.39 is 0 Å². The van der Waals surface area contributed by atoms with E-state index in [0.717, 1.165) is 38.2 Å². The maximum absolute atomic E-state index is 12.7. The smallest absolute Gasteiger partial charge is 0.226 e. The zero-order chi connectivity index (χ0) is 16.0. The van der Waals surface area contributed by atoms with Crippen molar-refractivity contribution < 1.29 is 4.79 Å². The van der Waals surface area contributed by atoms with E-state index in [0.29, 0.717) is 17.7 Å². The number of aryl methyl sites for hydroxylation is 2. The van der Waals surface area contributed by atoms with Gasteiger partial charge in [0.05, 0.1) is 0 Å². The van der Waals surface area contributed by atoms with E-state index in [-0.39, 0.29) is 5.92 Å². The summed E-state index contributed by atoms with van der Waals surface area (Å²) >= 11 is 1.84. The molecular weight excluding hydrogens is 308 g/mol. The van der Waals surface area contributed by atoms with Gasteiger partial charge in [-0.2, -0.15) is 0 Å². The summed E-state index contributed by atoms with van der Waals surface area (Å²) in [5, 5.41) is 8.19. The van der Waals surface area contributed by atoms with Crippen molar-refractivity contribution >= 4 is 17.2 Å². The molecular formula is C17H22N4OS. The van der Waals surface area contributed by atoms with Gasteiger partial charge in [-0.25, -0.2) is 0 Å². The maximum atomic E-state index is 12.7. The molecule has 2 aliphatic rings. The Labute approximate surface area is 140 Å². The molecule has 2 aromatic heterocycles. The van der Waals surface area contributed by atoms with Gasteiger partial charge in [0, 0.05) is 47.6 Å². The zero-order valence-corrected chi connectivity index (χ0v) is 14.4. The summed E-state index contributed by atoms with van der Waals surface area (Å²) in [6.07, 6.45) is 4.77. The Balaban J connectivity index is 1.34. The second-order valence-electron chi connectivity index (χ2n) is 6.80. The highest BCUT2D eigenvalue weighted by molar-refractivity contribution is 7.12. The fraction of sp³-hybridized carbons (Fsp3) is 0.588. The fourth-order valence-corrected chi connectivity index (χ4v) is 4.75. The lowest BCUT2D eigenvalue weighted by atomic mass is 9.95. The van der Waals surface area contributed by atoms with Gasteiger partial charge in [-0.1, -0.05) is 0 Å². The van der Waals surface area contributed by atoms with Crippen LogP contribution in [0, 0.1) is 12.8 Å². The lowest BCUT2D eigenvalue weighted by molar-refractivity contribution is -0.133. The molecule has 122 valence electrons. The molecule has 1 amide bonds. The molecule has 0 aromatic carbocycles. The van der Waals surface area contributed by atoms with Gasteiger partial charge in [0.25, 0.3) is 0 Å². The van der Waals surface area contributed by atoms with Gasteiger partial charge in [0.15, 0.2) is 0 Å². The van der Waals surface area contributed by atoms with Crippen LogP contribution in [-0.2, 0) is 11.8 Å². The number of piperidine rings is 1. The largest absolute Gasteiger partial charge is 0.342 e. The molecule has 2 fully saturated rings. The molecule has 1 aliphatic heterocycles. The molecule has 0 N–H and O–H groups in total. The number of aromatic nitrogens is 3. The van der Waals surface area contributed by atoms with Crippen LogP contribution in [0.25, 0.3) is 0 Å². The van der Waals surface area contributed by atoms with Crippen LogP contribution in [0.2, 0.25) is 0 Å². The number of hydrogen-bond acceptors (Lipinski definition) is 4. The van der Waals surface area contributed by atoms with Crippen molar-refractivity contribution in [3.05, 3.63) is 34.0 Å². The first-order valence-corrected chi connectivity index (χ1v) is 9.14. The summed E-state index contributed by atoms with van der Waals surface area (Å²) in [6.45, 7) is 3.83. The van der Waals surface area contributed by atoms with E-state index in [1.165, 1.54) is 9.75 Å². The standard InChI is InChI=1S/C17H22N4OS/c1-11-3-4-15(23-11)13-9-14(13)17(22)21-7-5-12(6-8-21)16-19-18-10-20(16)2/h3-4,10,12-14H,5-9H2,1-2H3. The number of thiophene rings is 1. The third-order valence-corrected chi connectivity index (χ3v) is 6.29. The molecule has 1 saturated carbocycles. The van der Waals surface area contributed by atoms with Gasteiger partial charge in [-0.15, -0.1) is 21.5 Å². The Morgan fingerprint density at radius 3 is 2.70 bits per heavy atom. The molecule has 1 aliphatic carbocycles. The maximum Gasteiger partial charge on any atom is 0.226 e.